The molecule has 2 heterocycles. The predicted molar refractivity (Wildman–Crippen MR) is 105 cm³/mol. The number of para-hydroxylation sites is 2. The van der Waals surface area contributed by atoms with Crippen LogP contribution in [0.2, 0.25) is 0 Å². The number of carbonyl (C=O) groups is 1. The maximum atomic E-state index is 12.7. The molecular weight excluding hydrogens is 396 g/mol. The minimum atomic E-state index is -3.04. The fourth-order valence-electron chi connectivity index (χ4n) is 2.88. The van der Waals surface area contributed by atoms with Gasteiger partial charge < -0.3 is 14.5 Å². The summed E-state index contributed by atoms with van der Waals surface area (Å²) >= 11 is 0. The minimum Gasteiger partial charge on any atom is -0.453 e. The molecule has 4 aromatic rings. The van der Waals surface area contributed by atoms with Crippen molar-refractivity contribution in [1.29, 1.82) is 0 Å². The van der Waals surface area contributed by atoms with Crippen LogP contribution in [0.25, 0.3) is 22.3 Å². The molecule has 0 atom stereocenters. The van der Waals surface area contributed by atoms with Crippen molar-refractivity contribution in [2.45, 2.75) is 6.61 Å². The summed E-state index contributed by atoms with van der Waals surface area (Å²) in [5.74, 6) is -0.675. The maximum Gasteiger partial charge on any atom is 0.387 e. The fraction of sp³-hybridized carbons (Fsp3) is 0.0476. The Bertz CT molecular complexity index is 1280. The smallest absolute Gasteiger partial charge is 0.387 e. The summed E-state index contributed by atoms with van der Waals surface area (Å²) < 4.78 is 35.9. The number of aromatic nitrogens is 2. The molecule has 9 heteroatoms. The van der Waals surface area contributed by atoms with Crippen LogP contribution in [0, 0.1) is 0 Å². The highest BCUT2D eigenvalue weighted by Gasteiger charge is 2.17. The fourth-order valence-corrected chi connectivity index (χ4v) is 2.88. The van der Waals surface area contributed by atoms with Crippen LogP contribution in [0.3, 0.4) is 0 Å². The van der Waals surface area contributed by atoms with E-state index < -0.39 is 17.9 Å². The number of rotatable bonds is 5. The lowest BCUT2D eigenvalue weighted by atomic mass is 10.1. The molecule has 0 bridgehead atoms. The van der Waals surface area contributed by atoms with Crippen molar-refractivity contribution in [3.05, 3.63) is 83.0 Å². The number of carbonyl (C=O) groups excluding carboxylic acids is 1. The van der Waals surface area contributed by atoms with E-state index in [2.05, 4.69) is 20.0 Å². The van der Waals surface area contributed by atoms with Crippen molar-refractivity contribution >= 4 is 22.6 Å². The molecule has 2 aromatic carbocycles. The Morgan fingerprint density at radius 1 is 1.10 bits per heavy atom. The average molecular weight is 409 g/mol. The molecule has 7 nitrogen and oxygen atoms in total. The molecule has 0 spiro atoms. The summed E-state index contributed by atoms with van der Waals surface area (Å²) in [7, 11) is 0. The molecule has 0 unspecified atom stereocenters. The van der Waals surface area contributed by atoms with Crippen molar-refractivity contribution < 1.29 is 22.7 Å². The van der Waals surface area contributed by atoms with Crippen LogP contribution >= 0.6 is 0 Å². The minimum absolute atomic E-state index is 0.0185. The number of anilines is 1. The van der Waals surface area contributed by atoms with Gasteiger partial charge in [-0.1, -0.05) is 18.2 Å². The van der Waals surface area contributed by atoms with Crippen molar-refractivity contribution in [1.82, 2.24) is 9.97 Å². The Labute approximate surface area is 168 Å². The van der Waals surface area contributed by atoms with Crippen molar-refractivity contribution in [3.63, 3.8) is 0 Å². The number of ether oxygens (including phenoxy) is 1. The van der Waals surface area contributed by atoms with Crippen LogP contribution in [0.15, 0.2) is 76.3 Å². The van der Waals surface area contributed by atoms with Crippen molar-refractivity contribution in [3.8, 4) is 17.1 Å². The molecule has 0 fully saturated rings. The second-order valence-corrected chi connectivity index (χ2v) is 6.08. The summed E-state index contributed by atoms with van der Waals surface area (Å²) in [4.78, 5) is 32.8. The van der Waals surface area contributed by atoms with E-state index in [1.54, 1.807) is 18.2 Å². The molecule has 1 amide bonds. The summed E-state index contributed by atoms with van der Waals surface area (Å²) in [6, 6.07) is 11.8. The van der Waals surface area contributed by atoms with Crippen LogP contribution in [0.4, 0.5) is 14.5 Å². The van der Waals surface area contributed by atoms with Crippen LogP contribution in [-0.2, 0) is 0 Å². The highest BCUT2D eigenvalue weighted by molar-refractivity contribution is 6.06. The van der Waals surface area contributed by atoms with Gasteiger partial charge in [-0.2, -0.15) is 8.78 Å². The number of alkyl halides is 2. The van der Waals surface area contributed by atoms with Crippen LogP contribution in [-0.4, -0.2) is 22.5 Å². The van der Waals surface area contributed by atoms with E-state index in [4.69, 9.17) is 4.42 Å². The highest BCUT2D eigenvalue weighted by atomic mass is 19.3. The van der Waals surface area contributed by atoms with Crippen molar-refractivity contribution in [2.24, 2.45) is 0 Å². The zero-order valence-corrected chi connectivity index (χ0v) is 15.2. The maximum absolute atomic E-state index is 12.7. The Hall–Kier alpha value is -4.14. The Kier molecular flexibility index (Phi) is 5.17. The summed E-state index contributed by atoms with van der Waals surface area (Å²) in [5.41, 5.74) is 0.141. The second-order valence-electron chi connectivity index (χ2n) is 6.08. The quantitative estimate of drug-likeness (QED) is 0.533. The van der Waals surface area contributed by atoms with E-state index >= 15 is 0 Å². The third-order valence-electron chi connectivity index (χ3n) is 4.17. The molecule has 2 aromatic heterocycles. The predicted octanol–water partition coefficient (Wildman–Crippen LogP) is 4.10. The average Bonchev–Trinajstić information content (AvgIpc) is 2.75. The molecule has 0 aliphatic heterocycles. The summed E-state index contributed by atoms with van der Waals surface area (Å²) in [6.45, 7) is -3.04. The topological polar surface area (TPSA) is 94.3 Å². The van der Waals surface area contributed by atoms with Gasteiger partial charge >= 0.3 is 6.61 Å². The molecule has 0 saturated heterocycles. The number of nitrogens with zero attached hydrogens (tertiary/aromatic N) is 2. The number of nitrogens with one attached hydrogen (secondary N) is 1. The number of halogens is 2. The summed E-state index contributed by atoms with van der Waals surface area (Å²) in [5, 5.41) is 2.84. The molecule has 0 saturated carbocycles. The zero-order valence-electron chi connectivity index (χ0n) is 15.2. The number of amides is 1. The second kappa shape index (κ2) is 8.08. The van der Waals surface area contributed by atoms with Gasteiger partial charge in [0.05, 0.1) is 22.8 Å². The largest absolute Gasteiger partial charge is 0.453 e. The Balaban J connectivity index is 1.81. The van der Waals surface area contributed by atoms with Crippen LogP contribution in [0.5, 0.6) is 5.75 Å². The number of hydrogen-bond donors (Lipinski definition) is 1. The first-order chi connectivity index (χ1) is 14.5. The van der Waals surface area contributed by atoms with Gasteiger partial charge in [0.1, 0.15) is 17.2 Å². The van der Waals surface area contributed by atoms with Gasteiger partial charge in [-0.3, -0.25) is 14.6 Å². The molecule has 30 heavy (non-hydrogen) atoms. The number of fused-ring (bicyclic) bond motifs is 1. The van der Waals surface area contributed by atoms with Gasteiger partial charge in [0, 0.05) is 18.5 Å². The van der Waals surface area contributed by atoms with Crippen molar-refractivity contribution in [2.75, 3.05) is 5.32 Å². The number of hydrogen-bond acceptors (Lipinski definition) is 6. The molecule has 150 valence electrons. The van der Waals surface area contributed by atoms with Crippen LogP contribution < -0.4 is 15.5 Å². The molecule has 0 radical (unpaired) electrons. The van der Waals surface area contributed by atoms with Gasteiger partial charge in [0.15, 0.2) is 11.0 Å². The van der Waals surface area contributed by atoms with E-state index in [-0.39, 0.29) is 39.4 Å². The lowest BCUT2D eigenvalue weighted by Crippen LogP contribution is -2.14. The first-order valence-corrected chi connectivity index (χ1v) is 8.71. The molecule has 0 aliphatic carbocycles. The third kappa shape index (κ3) is 3.86. The normalized spacial score (nSPS) is 10.9. The van der Waals surface area contributed by atoms with E-state index in [0.29, 0.717) is 0 Å². The zero-order chi connectivity index (χ0) is 21.1. The standard InChI is InChI=1S/C21H13F2N3O4/c22-21(23)30-17-7-2-1-4-13(17)18-10-16(27)12-5-3-6-14(19(12)29-18)26-20(28)15-11-24-8-9-25-15/h1-11,21H,(H,26,28). The van der Waals surface area contributed by atoms with E-state index in [0.717, 1.165) is 0 Å². The van der Waals surface area contributed by atoms with Gasteiger partial charge in [-0.25, -0.2) is 4.98 Å². The molecule has 1 N–H and O–H groups in total. The number of benzene rings is 2. The van der Waals surface area contributed by atoms with Gasteiger partial charge in [-0.05, 0) is 24.3 Å². The highest BCUT2D eigenvalue weighted by Crippen LogP contribution is 2.33. The summed E-state index contributed by atoms with van der Waals surface area (Å²) in [6.07, 6.45) is 4.09. The Morgan fingerprint density at radius 2 is 1.93 bits per heavy atom. The molecular formula is C21H13F2N3O4. The lowest BCUT2D eigenvalue weighted by Gasteiger charge is -2.12. The Morgan fingerprint density at radius 3 is 2.70 bits per heavy atom. The monoisotopic (exact) mass is 409 g/mol. The third-order valence-corrected chi connectivity index (χ3v) is 4.17. The SMILES string of the molecule is O=C(Nc1cccc2c(=O)cc(-c3ccccc3OC(F)F)oc12)c1cnccn1. The van der Waals surface area contributed by atoms with Gasteiger partial charge in [0.2, 0.25) is 0 Å². The van der Waals surface area contributed by atoms with E-state index in [1.807, 2.05) is 0 Å². The van der Waals surface area contributed by atoms with E-state index in [1.165, 1.54) is 48.9 Å². The van der Waals surface area contributed by atoms with Gasteiger partial charge in [-0.15, -0.1) is 0 Å². The van der Waals surface area contributed by atoms with E-state index in [9.17, 15) is 18.4 Å². The van der Waals surface area contributed by atoms with Gasteiger partial charge in [0.25, 0.3) is 5.91 Å². The lowest BCUT2D eigenvalue weighted by molar-refractivity contribution is -0.0495. The molecule has 0 aliphatic rings. The van der Waals surface area contributed by atoms with Crippen LogP contribution in [0.1, 0.15) is 10.5 Å². The molecule has 4 rings (SSSR count). The first-order valence-electron chi connectivity index (χ1n) is 8.71. The first kappa shape index (κ1) is 19.2.